The molecule has 0 heterocycles. The van der Waals surface area contributed by atoms with Gasteiger partial charge in [-0.25, -0.2) is 0 Å². The first-order valence-electron chi connectivity index (χ1n) is 7.96. The summed E-state index contributed by atoms with van der Waals surface area (Å²) in [7, 11) is 0. The van der Waals surface area contributed by atoms with E-state index in [1.54, 1.807) is 0 Å². The van der Waals surface area contributed by atoms with Crippen molar-refractivity contribution in [2.45, 2.75) is 81.3 Å². The van der Waals surface area contributed by atoms with Gasteiger partial charge in [-0.15, -0.1) is 0 Å². The number of carbonyl (C=O) groups is 1. The number of esters is 1. The second kappa shape index (κ2) is 6.68. The van der Waals surface area contributed by atoms with Gasteiger partial charge < -0.3 is 9.47 Å². The molecule has 0 aromatic heterocycles. The van der Waals surface area contributed by atoms with Crippen molar-refractivity contribution in [1.29, 1.82) is 0 Å². The van der Waals surface area contributed by atoms with Gasteiger partial charge in [-0.2, -0.15) is 0 Å². The molecule has 0 bridgehead atoms. The normalized spacial score (nSPS) is 16.5. The van der Waals surface area contributed by atoms with E-state index in [1.165, 1.54) is 0 Å². The summed E-state index contributed by atoms with van der Waals surface area (Å²) < 4.78 is 11.2. The lowest BCUT2D eigenvalue weighted by Crippen LogP contribution is -2.48. The van der Waals surface area contributed by atoms with E-state index in [1.807, 2.05) is 27.7 Å². The first kappa shape index (κ1) is 20.4. The summed E-state index contributed by atoms with van der Waals surface area (Å²) in [6.45, 7) is 21.6. The molecule has 0 amide bonds. The van der Waals surface area contributed by atoms with Gasteiger partial charge in [0.2, 0.25) is 0 Å². The monoisotopic (exact) mass is 300 g/mol. The third-order valence-corrected chi connectivity index (χ3v) is 4.01. The average molecular weight is 300 g/mol. The summed E-state index contributed by atoms with van der Waals surface area (Å²) in [4.78, 5) is 12.9. The fourth-order valence-corrected chi connectivity index (χ4v) is 2.45. The van der Waals surface area contributed by atoms with Gasteiger partial charge in [-0.3, -0.25) is 4.79 Å². The molecule has 0 fully saturated rings. The molecule has 1 atom stereocenters. The van der Waals surface area contributed by atoms with Gasteiger partial charge in [0.25, 0.3) is 0 Å². The van der Waals surface area contributed by atoms with E-state index in [9.17, 15) is 4.79 Å². The second-order valence-electron chi connectivity index (χ2n) is 9.11. The summed E-state index contributed by atoms with van der Waals surface area (Å²) in [5.41, 5.74) is -1.24. The van der Waals surface area contributed by atoms with E-state index in [0.29, 0.717) is 13.2 Å². The van der Waals surface area contributed by atoms with Crippen LogP contribution in [0.5, 0.6) is 0 Å². The fraction of sp³-hybridized carbons (Fsp3) is 0.944. The molecule has 0 spiro atoms. The summed E-state index contributed by atoms with van der Waals surface area (Å²) in [5.74, 6) is -0.130. The molecule has 1 unspecified atom stereocenters. The van der Waals surface area contributed by atoms with Crippen molar-refractivity contribution in [3.8, 4) is 0 Å². The molecule has 0 radical (unpaired) electrons. The highest BCUT2D eigenvalue weighted by atomic mass is 16.6. The predicted octanol–water partition coefficient (Wildman–Crippen LogP) is 4.83. The molecule has 0 aliphatic heterocycles. The van der Waals surface area contributed by atoms with Crippen molar-refractivity contribution in [3.63, 3.8) is 0 Å². The first-order chi connectivity index (χ1) is 9.15. The van der Waals surface area contributed by atoms with Crippen molar-refractivity contribution < 1.29 is 14.3 Å². The van der Waals surface area contributed by atoms with E-state index in [0.717, 1.165) is 6.42 Å². The summed E-state index contributed by atoms with van der Waals surface area (Å²) in [6.07, 6.45) is 0.785. The van der Waals surface area contributed by atoms with Crippen LogP contribution < -0.4 is 0 Å². The third kappa shape index (κ3) is 6.37. The quantitative estimate of drug-likeness (QED) is 0.659. The zero-order valence-corrected chi connectivity index (χ0v) is 15.8. The minimum atomic E-state index is -0.600. The summed E-state index contributed by atoms with van der Waals surface area (Å²) in [5, 5.41) is 0. The highest BCUT2D eigenvalue weighted by Crippen LogP contribution is 2.47. The maximum atomic E-state index is 12.9. The third-order valence-electron chi connectivity index (χ3n) is 4.01. The molecule has 0 aromatic carbocycles. The Morgan fingerprint density at radius 3 is 1.71 bits per heavy atom. The van der Waals surface area contributed by atoms with E-state index in [4.69, 9.17) is 9.47 Å². The molecular weight excluding hydrogens is 264 g/mol. The molecule has 0 aromatic rings. The van der Waals surface area contributed by atoms with Crippen molar-refractivity contribution >= 4 is 5.97 Å². The number of rotatable bonds is 6. The molecule has 3 nitrogen and oxygen atoms in total. The second-order valence-corrected chi connectivity index (χ2v) is 9.11. The molecule has 3 heteroatoms. The number of ether oxygens (including phenoxy) is 2. The zero-order chi connectivity index (χ0) is 17.1. The topological polar surface area (TPSA) is 35.5 Å². The van der Waals surface area contributed by atoms with Crippen LogP contribution in [0.2, 0.25) is 0 Å². The smallest absolute Gasteiger partial charge is 0.312 e. The Bertz CT molecular complexity index is 344. The lowest BCUT2D eigenvalue weighted by Gasteiger charge is -2.44. The number of carbonyl (C=O) groups excluding carboxylic acids is 1. The predicted molar refractivity (Wildman–Crippen MR) is 88.3 cm³/mol. The highest BCUT2D eigenvalue weighted by Gasteiger charge is 2.49. The van der Waals surface area contributed by atoms with Crippen LogP contribution in [0.1, 0.15) is 75.7 Å². The largest absolute Gasteiger partial charge is 0.457 e. The molecule has 126 valence electrons. The Morgan fingerprint density at radius 2 is 1.38 bits per heavy atom. The van der Waals surface area contributed by atoms with Crippen LogP contribution in [-0.2, 0) is 14.3 Å². The Labute approximate surface area is 131 Å². The van der Waals surface area contributed by atoms with Gasteiger partial charge in [0, 0.05) is 6.61 Å². The molecule has 0 N–H and O–H groups in total. The first-order valence-corrected chi connectivity index (χ1v) is 7.96. The van der Waals surface area contributed by atoms with Crippen LogP contribution in [0.4, 0.5) is 0 Å². The van der Waals surface area contributed by atoms with Gasteiger partial charge in [-0.05, 0) is 44.9 Å². The minimum absolute atomic E-state index is 0.0606. The molecule has 0 saturated carbocycles. The molecule has 0 saturated heterocycles. The van der Waals surface area contributed by atoms with Crippen molar-refractivity contribution in [2.75, 3.05) is 13.2 Å². The number of hydrogen-bond donors (Lipinski definition) is 0. The Balaban J connectivity index is 5.24. The van der Waals surface area contributed by atoms with Gasteiger partial charge in [0.05, 0.1) is 12.0 Å². The van der Waals surface area contributed by atoms with Gasteiger partial charge >= 0.3 is 5.97 Å². The number of hydrogen-bond acceptors (Lipinski definition) is 3. The van der Waals surface area contributed by atoms with E-state index in [2.05, 4.69) is 41.5 Å². The van der Waals surface area contributed by atoms with Gasteiger partial charge in [0.1, 0.15) is 5.60 Å². The minimum Gasteiger partial charge on any atom is -0.457 e. The van der Waals surface area contributed by atoms with Crippen LogP contribution in [0.25, 0.3) is 0 Å². The van der Waals surface area contributed by atoms with Crippen molar-refractivity contribution in [3.05, 3.63) is 0 Å². The van der Waals surface area contributed by atoms with E-state index >= 15 is 0 Å². The molecule has 0 rings (SSSR count). The van der Waals surface area contributed by atoms with Crippen LogP contribution >= 0.6 is 0 Å². The van der Waals surface area contributed by atoms with Crippen molar-refractivity contribution in [1.82, 2.24) is 0 Å². The Morgan fingerprint density at radius 1 is 0.905 bits per heavy atom. The van der Waals surface area contributed by atoms with Crippen LogP contribution in [-0.4, -0.2) is 24.8 Å². The van der Waals surface area contributed by atoms with Crippen molar-refractivity contribution in [2.24, 2.45) is 16.2 Å². The zero-order valence-electron chi connectivity index (χ0n) is 15.8. The van der Waals surface area contributed by atoms with E-state index < -0.39 is 11.0 Å². The lowest BCUT2D eigenvalue weighted by atomic mass is 9.61. The SMILES string of the molecule is CCOCC(C)(C)OC(=O)C(C)(CC(C)(C)C)C(C)(C)C. The molecule has 21 heavy (non-hydrogen) atoms. The maximum absolute atomic E-state index is 12.9. The highest BCUT2D eigenvalue weighted by molar-refractivity contribution is 5.78. The Kier molecular flexibility index (Phi) is 6.50. The summed E-state index contributed by atoms with van der Waals surface area (Å²) >= 11 is 0. The van der Waals surface area contributed by atoms with Gasteiger partial charge in [0.15, 0.2) is 0 Å². The van der Waals surface area contributed by atoms with Crippen LogP contribution in [0, 0.1) is 16.2 Å². The van der Waals surface area contributed by atoms with E-state index in [-0.39, 0.29) is 16.8 Å². The fourth-order valence-electron chi connectivity index (χ4n) is 2.45. The van der Waals surface area contributed by atoms with Crippen LogP contribution in [0.15, 0.2) is 0 Å². The average Bonchev–Trinajstić information content (AvgIpc) is 2.21. The van der Waals surface area contributed by atoms with Gasteiger partial charge in [-0.1, -0.05) is 41.5 Å². The van der Waals surface area contributed by atoms with Crippen LogP contribution in [0.3, 0.4) is 0 Å². The maximum Gasteiger partial charge on any atom is 0.312 e. The molecular formula is C18H36O3. The molecule has 0 aliphatic carbocycles. The Hall–Kier alpha value is -0.570. The molecule has 0 aliphatic rings. The standard InChI is InChI=1S/C18H36O3/c1-11-20-13-17(8,9)21-14(19)18(10,16(5,6)7)12-15(2,3)4/h11-13H2,1-10H3. The lowest BCUT2D eigenvalue weighted by molar-refractivity contribution is -0.183. The summed E-state index contributed by atoms with van der Waals surface area (Å²) in [6, 6.07) is 0.